The smallest absolute Gasteiger partial charge is 0.390 e. The largest absolute Gasteiger partial charge is 0.492 e. The molecule has 1 heterocycles. The number of benzene rings is 2. The van der Waals surface area contributed by atoms with E-state index in [1.807, 2.05) is 60.7 Å². The Morgan fingerprint density at radius 1 is 1.00 bits per heavy atom. The number of hydrogen-bond donors (Lipinski definition) is 0. The maximum absolute atomic E-state index is 10.9. The zero-order chi connectivity index (χ0) is 15.5. The normalized spacial score (nSPS) is 10.8. The third kappa shape index (κ3) is 2.75. The minimum atomic E-state index is -0.603. The van der Waals surface area contributed by atoms with Crippen LogP contribution in [0, 0.1) is 10.1 Å². The van der Waals surface area contributed by atoms with Crippen LogP contribution in [-0.4, -0.2) is 19.7 Å². The maximum Gasteiger partial charge on any atom is 0.492 e. The number of halogens is 1. The minimum Gasteiger partial charge on any atom is -0.390 e. The van der Waals surface area contributed by atoms with Gasteiger partial charge < -0.3 is 10.1 Å². The summed E-state index contributed by atoms with van der Waals surface area (Å²) in [4.78, 5) is 14.2. The highest BCUT2D eigenvalue weighted by atomic mass is 79.9. The predicted molar refractivity (Wildman–Crippen MR) is 84.5 cm³/mol. The van der Waals surface area contributed by atoms with E-state index in [2.05, 4.69) is 26.0 Å². The van der Waals surface area contributed by atoms with Gasteiger partial charge in [0.15, 0.2) is 0 Å². The van der Waals surface area contributed by atoms with Crippen molar-refractivity contribution in [1.82, 2.24) is 14.8 Å². The van der Waals surface area contributed by atoms with Crippen LogP contribution in [0.2, 0.25) is 0 Å². The second kappa shape index (κ2) is 6.07. The van der Waals surface area contributed by atoms with Gasteiger partial charge in [-0.25, -0.2) is 0 Å². The molecule has 3 aromatic rings. The van der Waals surface area contributed by atoms with Crippen LogP contribution in [0.15, 0.2) is 65.4 Å². The molecule has 0 atom stereocenters. The van der Waals surface area contributed by atoms with Crippen molar-refractivity contribution in [1.29, 1.82) is 0 Å². The monoisotopic (exact) mass is 358 g/mol. The molecule has 2 aromatic carbocycles. The number of rotatable bonds is 4. The average Bonchev–Trinajstić information content (AvgIpc) is 2.92. The zero-order valence-electron chi connectivity index (χ0n) is 11.3. The van der Waals surface area contributed by atoms with Crippen LogP contribution in [0.1, 0.15) is 17.2 Å². The molecule has 0 unspecified atom stereocenters. The number of nitrogens with zero attached hydrogens (tertiary/aromatic N) is 4. The first-order chi connectivity index (χ1) is 10.7. The van der Waals surface area contributed by atoms with E-state index < -0.39 is 10.9 Å². The predicted octanol–water partition coefficient (Wildman–Crippen LogP) is 3.59. The molecule has 0 radical (unpaired) electrons. The van der Waals surface area contributed by atoms with Crippen molar-refractivity contribution in [3.8, 4) is 0 Å². The lowest BCUT2D eigenvalue weighted by Crippen LogP contribution is -2.14. The van der Waals surface area contributed by atoms with Crippen molar-refractivity contribution in [2.45, 2.75) is 6.04 Å². The number of nitro groups is 1. The van der Waals surface area contributed by atoms with E-state index in [1.54, 1.807) is 0 Å². The van der Waals surface area contributed by atoms with Gasteiger partial charge in [-0.3, -0.25) is 0 Å². The molecule has 0 saturated carbocycles. The molecule has 0 amide bonds. The van der Waals surface area contributed by atoms with Gasteiger partial charge in [0.2, 0.25) is 0 Å². The van der Waals surface area contributed by atoms with Gasteiger partial charge in [0, 0.05) is 21.0 Å². The summed E-state index contributed by atoms with van der Waals surface area (Å²) in [5, 5.41) is 14.9. The van der Waals surface area contributed by atoms with E-state index in [1.165, 1.54) is 4.68 Å². The Morgan fingerprint density at radius 2 is 1.50 bits per heavy atom. The summed E-state index contributed by atoms with van der Waals surface area (Å²) in [5.41, 5.74) is 1.93. The molecule has 0 saturated heterocycles. The molecule has 0 aliphatic heterocycles. The fourth-order valence-electron chi connectivity index (χ4n) is 2.28. The van der Waals surface area contributed by atoms with Crippen LogP contribution in [0.5, 0.6) is 0 Å². The first kappa shape index (κ1) is 14.4. The molecule has 0 fully saturated rings. The van der Waals surface area contributed by atoms with E-state index in [9.17, 15) is 10.1 Å². The molecule has 0 bridgehead atoms. The van der Waals surface area contributed by atoms with Crippen molar-refractivity contribution in [2.24, 2.45) is 0 Å². The highest BCUT2D eigenvalue weighted by molar-refractivity contribution is 9.10. The minimum absolute atomic E-state index is 0.294. The standard InChI is InChI=1S/C15H11BrN4O2/c16-14-17-15(20(21)22)18-19(14)13(11-7-3-1-4-8-11)12-9-5-2-6-10-12/h1-10,13H. The fraction of sp³-hybridized carbons (Fsp3) is 0.0667. The second-order valence-corrected chi connectivity index (χ2v) is 5.32. The molecule has 7 heteroatoms. The van der Waals surface area contributed by atoms with Crippen LogP contribution in [0.25, 0.3) is 0 Å². The lowest BCUT2D eigenvalue weighted by atomic mass is 9.99. The third-order valence-electron chi connectivity index (χ3n) is 3.22. The molecular formula is C15H11BrN4O2. The summed E-state index contributed by atoms with van der Waals surface area (Å²) in [5.74, 6) is -0.427. The lowest BCUT2D eigenvalue weighted by Gasteiger charge is -2.16. The highest BCUT2D eigenvalue weighted by Crippen LogP contribution is 2.29. The van der Waals surface area contributed by atoms with Crippen molar-refractivity contribution >= 4 is 21.9 Å². The Morgan fingerprint density at radius 3 is 1.91 bits per heavy atom. The van der Waals surface area contributed by atoms with Crippen molar-refractivity contribution < 1.29 is 4.92 Å². The van der Waals surface area contributed by atoms with E-state index in [-0.39, 0.29) is 6.04 Å². The number of hydrogen-bond acceptors (Lipinski definition) is 4. The van der Waals surface area contributed by atoms with Gasteiger partial charge in [-0.05, 0) is 21.0 Å². The van der Waals surface area contributed by atoms with E-state index >= 15 is 0 Å². The van der Waals surface area contributed by atoms with E-state index in [0.717, 1.165) is 11.1 Å². The molecule has 6 nitrogen and oxygen atoms in total. The summed E-state index contributed by atoms with van der Waals surface area (Å²) in [6.45, 7) is 0. The first-order valence-corrected chi connectivity index (χ1v) is 7.32. The average molecular weight is 359 g/mol. The van der Waals surface area contributed by atoms with Gasteiger partial charge in [0.1, 0.15) is 6.04 Å². The Kier molecular flexibility index (Phi) is 3.97. The molecule has 3 rings (SSSR count). The van der Waals surface area contributed by atoms with Crippen LogP contribution in [-0.2, 0) is 0 Å². The SMILES string of the molecule is O=[N+]([O-])c1nc(Br)n(C(c2ccccc2)c2ccccc2)n1. The van der Waals surface area contributed by atoms with Crippen molar-refractivity contribution in [3.63, 3.8) is 0 Å². The summed E-state index contributed by atoms with van der Waals surface area (Å²) in [6.07, 6.45) is 0. The van der Waals surface area contributed by atoms with Crippen LogP contribution in [0.3, 0.4) is 0 Å². The summed E-state index contributed by atoms with van der Waals surface area (Å²) in [6, 6.07) is 19.1. The molecule has 110 valence electrons. The molecule has 22 heavy (non-hydrogen) atoms. The van der Waals surface area contributed by atoms with E-state index in [4.69, 9.17) is 0 Å². The van der Waals surface area contributed by atoms with Gasteiger partial charge in [-0.1, -0.05) is 60.7 Å². The number of aromatic nitrogens is 3. The van der Waals surface area contributed by atoms with Crippen molar-refractivity contribution in [3.05, 3.63) is 86.6 Å². The zero-order valence-corrected chi connectivity index (χ0v) is 12.9. The Labute approximate surface area is 134 Å². The molecule has 1 aromatic heterocycles. The Bertz CT molecular complexity index is 750. The van der Waals surface area contributed by atoms with Gasteiger partial charge in [-0.15, -0.1) is 4.68 Å². The van der Waals surface area contributed by atoms with Gasteiger partial charge in [0.25, 0.3) is 4.73 Å². The van der Waals surface area contributed by atoms with Gasteiger partial charge in [-0.2, -0.15) is 0 Å². The van der Waals surface area contributed by atoms with Crippen LogP contribution >= 0.6 is 15.9 Å². The maximum atomic E-state index is 10.9. The van der Waals surface area contributed by atoms with E-state index in [0.29, 0.717) is 4.73 Å². The summed E-state index contributed by atoms with van der Waals surface area (Å²) in [7, 11) is 0. The molecule has 0 N–H and O–H groups in total. The van der Waals surface area contributed by atoms with Crippen LogP contribution in [0.4, 0.5) is 5.95 Å². The molecule has 0 spiro atoms. The topological polar surface area (TPSA) is 73.8 Å². The van der Waals surface area contributed by atoms with Gasteiger partial charge in [0.05, 0.1) is 0 Å². The molecule has 0 aliphatic carbocycles. The van der Waals surface area contributed by atoms with Crippen LogP contribution < -0.4 is 0 Å². The quantitative estimate of drug-likeness (QED) is 0.527. The summed E-state index contributed by atoms with van der Waals surface area (Å²) >= 11 is 3.27. The molecule has 0 aliphatic rings. The Hall–Kier alpha value is -2.54. The fourth-order valence-corrected chi connectivity index (χ4v) is 2.72. The Balaban J connectivity index is 2.16. The van der Waals surface area contributed by atoms with Crippen molar-refractivity contribution in [2.75, 3.05) is 0 Å². The first-order valence-electron chi connectivity index (χ1n) is 6.53. The lowest BCUT2D eigenvalue weighted by molar-refractivity contribution is -0.394. The molecular weight excluding hydrogens is 348 g/mol. The third-order valence-corrected chi connectivity index (χ3v) is 3.76. The van der Waals surface area contributed by atoms with Gasteiger partial charge >= 0.3 is 5.95 Å². The second-order valence-electron chi connectivity index (χ2n) is 4.61. The summed E-state index contributed by atoms with van der Waals surface area (Å²) < 4.78 is 1.83. The highest BCUT2D eigenvalue weighted by Gasteiger charge is 2.27.